The van der Waals surface area contributed by atoms with E-state index in [1.807, 2.05) is 0 Å². The molecule has 3 saturated carbocycles. The Balaban J connectivity index is 1.78. The van der Waals surface area contributed by atoms with E-state index in [9.17, 15) is 0 Å². The summed E-state index contributed by atoms with van der Waals surface area (Å²) in [5.41, 5.74) is 0.773. The maximum absolute atomic E-state index is 2.54. The summed E-state index contributed by atoms with van der Waals surface area (Å²) in [4.78, 5) is 0. The highest BCUT2D eigenvalue weighted by molar-refractivity contribution is 4.99. The number of hydrogen-bond acceptors (Lipinski definition) is 0. The third-order valence-corrected chi connectivity index (χ3v) is 7.15. The summed E-state index contributed by atoms with van der Waals surface area (Å²) in [5, 5.41) is 0. The van der Waals surface area contributed by atoms with Crippen molar-refractivity contribution >= 4 is 0 Å². The van der Waals surface area contributed by atoms with Crippen molar-refractivity contribution in [3.05, 3.63) is 0 Å². The molecule has 0 aromatic heterocycles. The van der Waals surface area contributed by atoms with Crippen molar-refractivity contribution < 1.29 is 0 Å². The highest BCUT2D eigenvalue weighted by atomic mass is 14.5. The molecule has 0 aromatic rings. The van der Waals surface area contributed by atoms with Crippen LogP contribution in [0.25, 0.3) is 0 Å². The van der Waals surface area contributed by atoms with E-state index in [1.54, 1.807) is 32.1 Å². The summed E-state index contributed by atoms with van der Waals surface area (Å²) in [6, 6.07) is 0. The van der Waals surface area contributed by atoms with E-state index in [0.29, 0.717) is 0 Å². The van der Waals surface area contributed by atoms with Crippen LogP contribution in [0.2, 0.25) is 0 Å². The molecule has 0 saturated heterocycles. The SMILES string of the molecule is CCC1(C2CCC3C(C)CCCC32)CCCCC1. The molecule has 0 amide bonds. The van der Waals surface area contributed by atoms with Crippen LogP contribution >= 0.6 is 0 Å². The zero-order chi connectivity index (χ0) is 12.6. The molecule has 4 atom stereocenters. The number of rotatable bonds is 2. The van der Waals surface area contributed by atoms with Gasteiger partial charge in [0, 0.05) is 0 Å². The molecule has 3 rings (SSSR count). The van der Waals surface area contributed by atoms with Gasteiger partial charge in [0.15, 0.2) is 0 Å². The molecule has 3 fully saturated rings. The van der Waals surface area contributed by atoms with Crippen LogP contribution in [0.1, 0.15) is 84.5 Å². The topological polar surface area (TPSA) is 0 Å². The van der Waals surface area contributed by atoms with Gasteiger partial charge in [-0.25, -0.2) is 0 Å². The fourth-order valence-electron chi connectivity index (χ4n) is 6.11. The van der Waals surface area contributed by atoms with Crippen LogP contribution in [-0.4, -0.2) is 0 Å². The van der Waals surface area contributed by atoms with Crippen molar-refractivity contribution in [3.63, 3.8) is 0 Å². The number of fused-ring (bicyclic) bond motifs is 1. The molecule has 3 aliphatic rings. The van der Waals surface area contributed by atoms with Crippen molar-refractivity contribution in [2.45, 2.75) is 84.5 Å². The van der Waals surface area contributed by atoms with Gasteiger partial charge in [-0.3, -0.25) is 0 Å². The van der Waals surface area contributed by atoms with Gasteiger partial charge in [0.25, 0.3) is 0 Å². The second-order valence-corrected chi connectivity index (χ2v) is 7.70. The van der Waals surface area contributed by atoms with Gasteiger partial charge in [-0.2, -0.15) is 0 Å². The fraction of sp³-hybridized carbons (Fsp3) is 1.00. The van der Waals surface area contributed by atoms with E-state index in [-0.39, 0.29) is 0 Å². The maximum Gasteiger partial charge on any atom is -0.0269 e. The second-order valence-electron chi connectivity index (χ2n) is 7.70. The molecule has 0 bridgehead atoms. The third kappa shape index (κ3) is 2.04. The van der Waals surface area contributed by atoms with Gasteiger partial charge in [0.2, 0.25) is 0 Å². The zero-order valence-electron chi connectivity index (χ0n) is 12.6. The lowest BCUT2D eigenvalue weighted by atomic mass is 9.58. The molecular formula is C18H32. The standard InChI is InChI=1S/C18H32/c1-3-18(12-5-4-6-13-18)17-11-10-15-14(2)8-7-9-16(15)17/h14-17H,3-13H2,1-2H3. The molecule has 0 nitrogen and oxygen atoms in total. The van der Waals surface area contributed by atoms with E-state index in [4.69, 9.17) is 0 Å². The molecular weight excluding hydrogens is 216 g/mol. The van der Waals surface area contributed by atoms with E-state index < -0.39 is 0 Å². The van der Waals surface area contributed by atoms with Gasteiger partial charge in [0.1, 0.15) is 0 Å². The van der Waals surface area contributed by atoms with E-state index in [0.717, 1.165) is 29.1 Å². The molecule has 0 N–H and O–H groups in total. The lowest BCUT2D eigenvalue weighted by Crippen LogP contribution is -2.37. The van der Waals surface area contributed by atoms with Crippen LogP contribution in [0, 0.1) is 29.1 Å². The fourth-order valence-corrected chi connectivity index (χ4v) is 6.11. The summed E-state index contributed by atoms with van der Waals surface area (Å²) in [5.74, 6) is 4.36. The van der Waals surface area contributed by atoms with Crippen molar-refractivity contribution in [3.8, 4) is 0 Å². The van der Waals surface area contributed by atoms with E-state index in [2.05, 4.69) is 13.8 Å². The first kappa shape index (κ1) is 13.0. The quantitative estimate of drug-likeness (QED) is 0.578. The highest BCUT2D eigenvalue weighted by Gasteiger charge is 2.49. The predicted molar refractivity (Wildman–Crippen MR) is 78.5 cm³/mol. The summed E-state index contributed by atoms with van der Waals surface area (Å²) >= 11 is 0. The minimum absolute atomic E-state index is 0.773. The highest BCUT2D eigenvalue weighted by Crippen LogP contribution is 2.59. The van der Waals surface area contributed by atoms with E-state index >= 15 is 0 Å². The van der Waals surface area contributed by atoms with Crippen molar-refractivity contribution in [1.82, 2.24) is 0 Å². The Hall–Kier alpha value is 0. The Morgan fingerprint density at radius 1 is 0.833 bits per heavy atom. The average molecular weight is 248 g/mol. The van der Waals surface area contributed by atoms with E-state index in [1.165, 1.54) is 38.5 Å². The van der Waals surface area contributed by atoms with Gasteiger partial charge in [-0.05, 0) is 61.2 Å². The second kappa shape index (κ2) is 5.17. The van der Waals surface area contributed by atoms with Crippen LogP contribution < -0.4 is 0 Å². The van der Waals surface area contributed by atoms with Crippen molar-refractivity contribution in [1.29, 1.82) is 0 Å². The molecule has 0 aromatic carbocycles. The molecule has 4 unspecified atom stereocenters. The van der Waals surface area contributed by atoms with Crippen LogP contribution in [-0.2, 0) is 0 Å². The number of hydrogen-bond donors (Lipinski definition) is 0. The molecule has 0 spiro atoms. The molecule has 0 heterocycles. The smallest absolute Gasteiger partial charge is 0.0269 e. The Morgan fingerprint density at radius 2 is 1.61 bits per heavy atom. The van der Waals surface area contributed by atoms with Crippen LogP contribution in [0.3, 0.4) is 0 Å². The average Bonchev–Trinajstić information content (AvgIpc) is 2.85. The Labute approximate surface area is 114 Å². The molecule has 3 aliphatic carbocycles. The first-order valence-corrected chi connectivity index (χ1v) is 8.77. The molecule has 0 aliphatic heterocycles. The summed E-state index contributed by atoms with van der Waals surface area (Å²) < 4.78 is 0. The maximum atomic E-state index is 2.54. The summed E-state index contributed by atoms with van der Waals surface area (Å²) in [6.07, 6.45) is 16.9. The normalized spacial score (nSPS) is 43.7. The van der Waals surface area contributed by atoms with Gasteiger partial charge in [-0.1, -0.05) is 52.4 Å². The Morgan fingerprint density at radius 3 is 2.33 bits per heavy atom. The Kier molecular flexibility index (Phi) is 3.74. The lowest BCUT2D eigenvalue weighted by molar-refractivity contribution is 0.0332. The van der Waals surface area contributed by atoms with Crippen LogP contribution in [0.5, 0.6) is 0 Å². The third-order valence-electron chi connectivity index (χ3n) is 7.15. The summed E-state index contributed by atoms with van der Waals surface area (Å²) in [6.45, 7) is 5.03. The van der Waals surface area contributed by atoms with Crippen molar-refractivity contribution in [2.24, 2.45) is 29.1 Å². The van der Waals surface area contributed by atoms with Crippen LogP contribution in [0.15, 0.2) is 0 Å². The molecule has 0 radical (unpaired) electrons. The first-order chi connectivity index (χ1) is 8.77. The predicted octanol–water partition coefficient (Wildman–Crippen LogP) is 5.81. The van der Waals surface area contributed by atoms with Gasteiger partial charge in [0.05, 0.1) is 0 Å². The zero-order valence-corrected chi connectivity index (χ0v) is 12.6. The largest absolute Gasteiger partial charge is 0.0648 e. The lowest BCUT2D eigenvalue weighted by Gasteiger charge is -2.47. The van der Waals surface area contributed by atoms with Crippen molar-refractivity contribution in [2.75, 3.05) is 0 Å². The summed E-state index contributed by atoms with van der Waals surface area (Å²) in [7, 11) is 0. The molecule has 104 valence electrons. The first-order valence-electron chi connectivity index (χ1n) is 8.77. The van der Waals surface area contributed by atoms with Gasteiger partial charge < -0.3 is 0 Å². The van der Waals surface area contributed by atoms with Gasteiger partial charge >= 0.3 is 0 Å². The molecule has 18 heavy (non-hydrogen) atoms. The van der Waals surface area contributed by atoms with Crippen LogP contribution in [0.4, 0.5) is 0 Å². The molecule has 0 heteroatoms. The minimum Gasteiger partial charge on any atom is -0.0648 e. The van der Waals surface area contributed by atoms with Gasteiger partial charge in [-0.15, -0.1) is 0 Å². The Bertz CT molecular complexity index is 274. The minimum atomic E-state index is 0.773. The monoisotopic (exact) mass is 248 g/mol.